The van der Waals surface area contributed by atoms with Crippen molar-refractivity contribution in [1.29, 1.82) is 0 Å². The van der Waals surface area contributed by atoms with Gasteiger partial charge in [-0.1, -0.05) is 19.1 Å². The van der Waals surface area contributed by atoms with Gasteiger partial charge < -0.3 is 9.67 Å². The highest BCUT2D eigenvalue weighted by molar-refractivity contribution is 5.85. The maximum Gasteiger partial charge on any atom is 0.303 e. The average molecular weight is 297 g/mol. The molecule has 0 radical (unpaired) electrons. The Morgan fingerprint density at radius 1 is 1.30 bits per heavy atom. The number of carboxylic acids is 1. The van der Waals surface area contributed by atoms with Crippen molar-refractivity contribution in [3.63, 3.8) is 0 Å². The predicted octanol–water partition coefficient (Wildman–Crippen LogP) is 3.67. The van der Waals surface area contributed by atoms with Crippen LogP contribution in [0.2, 0.25) is 0 Å². The normalized spacial score (nSPS) is 10.4. The molecule has 0 spiro atoms. The summed E-state index contributed by atoms with van der Waals surface area (Å²) in [4.78, 5) is 15.2. The standard InChI is InChI=1S/C15H20N2O2.ClH/c1-2-11-17-13-8-4-3-7-12(13)16-14(17)9-5-6-10-15(18)19;/h3-4,7-8H,2,5-6,9-11H2,1H3,(H,18,19);1H. The lowest BCUT2D eigenvalue weighted by atomic mass is 10.2. The van der Waals surface area contributed by atoms with Gasteiger partial charge in [-0.05, 0) is 31.4 Å². The molecule has 110 valence electrons. The van der Waals surface area contributed by atoms with Gasteiger partial charge >= 0.3 is 5.97 Å². The third-order valence-corrected chi connectivity index (χ3v) is 3.22. The van der Waals surface area contributed by atoms with Crippen LogP contribution < -0.4 is 0 Å². The van der Waals surface area contributed by atoms with Crippen LogP contribution in [-0.4, -0.2) is 20.6 Å². The molecule has 0 amide bonds. The lowest BCUT2D eigenvalue weighted by Crippen LogP contribution is -2.04. The van der Waals surface area contributed by atoms with Crippen molar-refractivity contribution in [2.24, 2.45) is 0 Å². The molecule has 4 nitrogen and oxygen atoms in total. The van der Waals surface area contributed by atoms with Crippen LogP contribution in [0, 0.1) is 0 Å². The van der Waals surface area contributed by atoms with E-state index in [2.05, 4.69) is 22.5 Å². The van der Waals surface area contributed by atoms with Crippen LogP contribution in [0.1, 0.15) is 38.4 Å². The van der Waals surface area contributed by atoms with E-state index >= 15 is 0 Å². The van der Waals surface area contributed by atoms with Gasteiger partial charge in [0.2, 0.25) is 0 Å². The molecule has 0 aliphatic rings. The number of halogens is 1. The summed E-state index contributed by atoms with van der Waals surface area (Å²) in [5, 5.41) is 8.64. The molecule has 20 heavy (non-hydrogen) atoms. The van der Waals surface area contributed by atoms with E-state index in [-0.39, 0.29) is 18.8 Å². The van der Waals surface area contributed by atoms with Crippen molar-refractivity contribution in [2.45, 2.75) is 45.6 Å². The largest absolute Gasteiger partial charge is 0.481 e. The van der Waals surface area contributed by atoms with Gasteiger partial charge in [0, 0.05) is 19.4 Å². The van der Waals surface area contributed by atoms with Gasteiger partial charge in [0.05, 0.1) is 11.0 Å². The fourth-order valence-corrected chi connectivity index (χ4v) is 2.35. The molecule has 0 bridgehead atoms. The van der Waals surface area contributed by atoms with E-state index in [0.717, 1.165) is 37.1 Å². The highest BCUT2D eigenvalue weighted by atomic mass is 35.5. The Morgan fingerprint density at radius 3 is 2.75 bits per heavy atom. The van der Waals surface area contributed by atoms with E-state index < -0.39 is 5.97 Å². The molecule has 0 aliphatic carbocycles. The van der Waals surface area contributed by atoms with E-state index in [4.69, 9.17) is 5.11 Å². The summed E-state index contributed by atoms with van der Waals surface area (Å²) in [5.74, 6) is 0.357. The second-order valence-electron chi connectivity index (χ2n) is 4.77. The Balaban J connectivity index is 0.00000200. The Labute approximate surface area is 125 Å². The van der Waals surface area contributed by atoms with Gasteiger partial charge in [-0.3, -0.25) is 4.79 Å². The summed E-state index contributed by atoms with van der Waals surface area (Å²) in [6.45, 7) is 3.12. The van der Waals surface area contributed by atoms with Crippen LogP contribution in [-0.2, 0) is 17.8 Å². The SMILES string of the molecule is CCCn1c(CCCCC(=O)O)nc2ccccc21.Cl. The Hall–Kier alpha value is -1.55. The van der Waals surface area contributed by atoms with Crippen LogP contribution in [0.15, 0.2) is 24.3 Å². The molecule has 0 unspecified atom stereocenters. The van der Waals surface area contributed by atoms with Crippen molar-refractivity contribution >= 4 is 29.4 Å². The molecular weight excluding hydrogens is 276 g/mol. The van der Waals surface area contributed by atoms with Gasteiger partial charge in [-0.2, -0.15) is 0 Å². The number of imidazole rings is 1. The van der Waals surface area contributed by atoms with Crippen LogP contribution in [0.5, 0.6) is 0 Å². The van der Waals surface area contributed by atoms with Crippen LogP contribution in [0.4, 0.5) is 0 Å². The first-order valence-electron chi connectivity index (χ1n) is 6.88. The lowest BCUT2D eigenvalue weighted by molar-refractivity contribution is -0.137. The molecule has 1 heterocycles. The molecule has 0 fully saturated rings. The number of nitrogens with zero attached hydrogens (tertiary/aromatic N) is 2. The first-order chi connectivity index (χ1) is 9.22. The summed E-state index contributed by atoms with van der Waals surface area (Å²) < 4.78 is 2.26. The molecule has 0 saturated heterocycles. The lowest BCUT2D eigenvalue weighted by Gasteiger charge is -2.07. The monoisotopic (exact) mass is 296 g/mol. The number of rotatable bonds is 7. The average Bonchev–Trinajstić information content (AvgIpc) is 2.74. The third-order valence-electron chi connectivity index (χ3n) is 3.22. The van der Waals surface area contributed by atoms with Crippen LogP contribution in [0.25, 0.3) is 11.0 Å². The number of carbonyl (C=O) groups is 1. The molecule has 1 aromatic carbocycles. The zero-order valence-corrected chi connectivity index (χ0v) is 12.5. The maximum absolute atomic E-state index is 10.5. The van der Waals surface area contributed by atoms with E-state index in [1.54, 1.807) is 0 Å². The van der Waals surface area contributed by atoms with Gasteiger partial charge in [0.15, 0.2) is 0 Å². The second kappa shape index (κ2) is 7.90. The predicted molar refractivity (Wildman–Crippen MR) is 82.5 cm³/mol. The quantitative estimate of drug-likeness (QED) is 0.793. The van der Waals surface area contributed by atoms with Gasteiger partial charge in [-0.15, -0.1) is 12.4 Å². The highest BCUT2D eigenvalue weighted by Gasteiger charge is 2.09. The molecule has 2 rings (SSSR count). The van der Waals surface area contributed by atoms with Crippen molar-refractivity contribution in [3.05, 3.63) is 30.1 Å². The fraction of sp³-hybridized carbons (Fsp3) is 0.467. The molecule has 1 N–H and O–H groups in total. The minimum absolute atomic E-state index is 0. The number of aryl methyl sites for hydroxylation is 2. The zero-order chi connectivity index (χ0) is 13.7. The number of benzene rings is 1. The van der Waals surface area contributed by atoms with Crippen molar-refractivity contribution in [1.82, 2.24) is 9.55 Å². The summed E-state index contributed by atoms with van der Waals surface area (Å²) in [6, 6.07) is 8.16. The number of fused-ring (bicyclic) bond motifs is 1. The molecule has 2 aromatic rings. The Bertz CT molecular complexity index is 566. The van der Waals surface area contributed by atoms with E-state index in [1.165, 1.54) is 5.52 Å². The van der Waals surface area contributed by atoms with Crippen molar-refractivity contribution in [2.75, 3.05) is 0 Å². The highest BCUT2D eigenvalue weighted by Crippen LogP contribution is 2.18. The van der Waals surface area contributed by atoms with E-state index in [9.17, 15) is 4.79 Å². The van der Waals surface area contributed by atoms with E-state index in [0.29, 0.717) is 6.42 Å². The molecule has 5 heteroatoms. The maximum atomic E-state index is 10.5. The smallest absolute Gasteiger partial charge is 0.303 e. The Kier molecular flexibility index (Phi) is 6.52. The third kappa shape index (κ3) is 3.97. The minimum atomic E-state index is -0.720. The number of carboxylic acid groups (broad SMARTS) is 1. The number of para-hydroxylation sites is 2. The van der Waals surface area contributed by atoms with Gasteiger partial charge in [0.25, 0.3) is 0 Å². The topological polar surface area (TPSA) is 55.1 Å². The number of aromatic nitrogens is 2. The van der Waals surface area contributed by atoms with Gasteiger partial charge in [0.1, 0.15) is 5.82 Å². The zero-order valence-electron chi connectivity index (χ0n) is 11.7. The second-order valence-corrected chi connectivity index (χ2v) is 4.77. The molecule has 0 saturated carbocycles. The summed E-state index contributed by atoms with van der Waals surface area (Å²) >= 11 is 0. The van der Waals surface area contributed by atoms with Crippen molar-refractivity contribution in [3.8, 4) is 0 Å². The fourth-order valence-electron chi connectivity index (χ4n) is 2.35. The number of aliphatic carboxylic acids is 1. The Morgan fingerprint density at radius 2 is 2.05 bits per heavy atom. The summed E-state index contributed by atoms with van der Waals surface area (Å²) in [7, 11) is 0. The van der Waals surface area contributed by atoms with E-state index in [1.807, 2.05) is 18.2 Å². The van der Waals surface area contributed by atoms with Gasteiger partial charge in [-0.25, -0.2) is 4.98 Å². The van der Waals surface area contributed by atoms with Crippen LogP contribution in [0.3, 0.4) is 0 Å². The minimum Gasteiger partial charge on any atom is -0.481 e. The first kappa shape index (κ1) is 16.5. The molecule has 1 aromatic heterocycles. The first-order valence-corrected chi connectivity index (χ1v) is 6.88. The molecule has 0 atom stereocenters. The number of hydrogen-bond acceptors (Lipinski definition) is 2. The number of hydrogen-bond donors (Lipinski definition) is 1. The molecule has 0 aliphatic heterocycles. The summed E-state index contributed by atoms with van der Waals surface area (Å²) in [6.07, 6.45) is 3.75. The van der Waals surface area contributed by atoms with Crippen LogP contribution >= 0.6 is 12.4 Å². The van der Waals surface area contributed by atoms with Crippen molar-refractivity contribution < 1.29 is 9.90 Å². The summed E-state index contributed by atoms with van der Waals surface area (Å²) in [5.41, 5.74) is 2.21. The number of unbranched alkanes of at least 4 members (excludes halogenated alkanes) is 1. The molecular formula is C15H21ClN2O2.